The molecular weight excluding hydrogens is 442 g/mol. The number of carbonyl (C=O) groups excluding carboxylic acids is 1. The maximum absolute atomic E-state index is 12.5. The fraction of sp³-hybridized carbons (Fsp3) is 0.200. The molecule has 0 aliphatic rings. The van der Waals surface area contributed by atoms with Crippen LogP contribution < -0.4 is 10.1 Å². The quantitative estimate of drug-likeness (QED) is 0.511. The van der Waals surface area contributed by atoms with Gasteiger partial charge in [-0.1, -0.05) is 42.1 Å². The highest BCUT2D eigenvalue weighted by molar-refractivity contribution is 8.01. The second-order valence-electron chi connectivity index (χ2n) is 6.35. The zero-order chi connectivity index (χ0) is 21.7. The van der Waals surface area contributed by atoms with Crippen LogP contribution in [0.3, 0.4) is 0 Å². The number of nitrogens with zero attached hydrogens (tertiary/aromatic N) is 2. The standard InChI is InChI=1S/C20H21N3O4S3/c1-23(2)30(25,26)18-11-15(9-10-17(18)27-3)21-19(24)13-29-20-22-16(12-28-20)14-7-5-4-6-8-14/h4-12H,13H2,1-3H3,(H,21,24). The highest BCUT2D eigenvalue weighted by Crippen LogP contribution is 2.30. The molecule has 158 valence electrons. The van der Waals surface area contributed by atoms with Crippen LogP contribution in [0.25, 0.3) is 11.3 Å². The van der Waals surface area contributed by atoms with E-state index in [1.165, 1.54) is 56.4 Å². The molecule has 1 amide bonds. The molecule has 0 atom stereocenters. The summed E-state index contributed by atoms with van der Waals surface area (Å²) in [5.41, 5.74) is 2.28. The third-order valence-electron chi connectivity index (χ3n) is 4.09. The normalized spacial score (nSPS) is 11.5. The molecule has 10 heteroatoms. The minimum absolute atomic E-state index is 0.00659. The summed E-state index contributed by atoms with van der Waals surface area (Å²) in [6.45, 7) is 0. The summed E-state index contributed by atoms with van der Waals surface area (Å²) >= 11 is 2.81. The first kappa shape index (κ1) is 22.3. The van der Waals surface area contributed by atoms with Gasteiger partial charge < -0.3 is 10.1 Å². The number of methoxy groups -OCH3 is 1. The lowest BCUT2D eigenvalue weighted by atomic mass is 10.2. The molecule has 0 fully saturated rings. The minimum Gasteiger partial charge on any atom is -0.495 e. The summed E-state index contributed by atoms with van der Waals surface area (Å²) in [7, 11) is 0.564. The summed E-state index contributed by atoms with van der Waals surface area (Å²) < 4.78 is 32.0. The van der Waals surface area contributed by atoms with Crippen LogP contribution in [0.2, 0.25) is 0 Å². The van der Waals surface area contributed by atoms with Crippen LogP contribution in [-0.4, -0.2) is 50.6 Å². The largest absolute Gasteiger partial charge is 0.495 e. The van der Waals surface area contributed by atoms with Crippen molar-refractivity contribution < 1.29 is 17.9 Å². The minimum atomic E-state index is -3.71. The van der Waals surface area contributed by atoms with E-state index in [2.05, 4.69) is 10.3 Å². The number of sulfonamides is 1. The van der Waals surface area contributed by atoms with Crippen molar-refractivity contribution in [3.63, 3.8) is 0 Å². The number of carbonyl (C=O) groups is 1. The summed E-state index contributed by atoms with van der Waals surface area (Å²) in [6, 6.07) is 14.3. The molecular formula is C20H21N3O4S3. The number of rotatable bonds is 8. The fourth-order valence-corrected chi connectivity index (χ4v) is 5.25. The number of thioether (sulfide) groups is 1. The van der Waals surface area contributed by atoms with Gasteiger partial charge in [-0.2, -0.15) is 0 Å². The highest BCUT2D eigenvalue weighted by Gasteiger charge is 2.23. The van der Waals surface area contributed by atoms with E-state index in [1.807, 2.05) is 35.7 Å². The number of aromatic nitrogens is 1. The molecule has 30 heavy (non-hydrogen) atoms. The first-order valence-electron chi connectivity index (χ1n) is 8.85. The summed E-state index contributed by atoms with van der Waals surface area (Å²) in [5.74, 6) is 0.117. The molecule has 0 radical (unpaired) electrons. The Hall–Kier alpha value is -2.40. The van der Waals surface area contributed by atoms with Crippen LogP contribution in [0.15, 0.2) is 63.1 Å². The predicted octanol–water partition coefficient (Wildman–Crippen LogP) is 3.80. The van der Waals surface area contributed by atoms with Crippen LogP contribution in [0.5, 0.6) is 5.75 Å². The number of benzene rings is 2. The Bertz CT molecular complexity index is 1130. The molecule has 2 aromatic carbocycles. The first-order chi connectivity index (χ1) is 14.3. The Morgan fingerprint density at radius 1 is 1.20 bits per heavy atom. The van der Waals surface area contributed by atoms with E-state index in [4.69, 9.17) is 4.74 Å². The number of thiazole rings is 1. The van der Waals surface area contributed by atoms with Gasteiger partial charge >= 0.3 is 0 Å². The molecule has 0 aliphatic carbocycles. The average molecular weight is 464 g/mol. The Balaban J connectivity index is 1.66. The fourth-order valence-electron chi connectivity index (χ4n) is 2.54. The van der Waals surface area contributed by atoms with Gasteiger partial charge in [0, 0.05) is 30.7 Å². The van der Waals surface area contributed by atoms with Crippen molar-refractivity contribution in [2.75, 3.05) is 32.3 Å². The molecule has 0 saturated heterocycles. The molecule has 3 aromatic rings. The van der Waals surface area contributed by atoms with Crippen LogP contribution in [0.4, 0.5) is 5.69 Å². The lowest BCUT2D eigenvalue weighted by Gasteiger charge is -2.15. The van der Waals surface area contributed by atoms with E-state index >= 15 is 0 Å². The van der Waals surface area contributed by atoms with Crippen LogP contribution in [-0.2, 0) is 14.8 Å². The van der Waals surface area contributed by atoms with E-state index in [9.17, 15) is 13.2 Å². The van der Waals surface area contributed by atoms with E-state index in [0.29, 0.717) is 5.69 Å². The molecule has 1 heterocycles. The lowest BCUT2D eigenvalue weighted by molar-refractivity contribution is -0.113. The summed E-state index contributed by atoms with van der Waals surface area (Å²) in [6.07, 6.45) is 0. The topological polar surface area (TPSA) is 88.6 Å². The Labute approximate surface area is 184 Å². The highest BCUT2D eigenvalue weighted by atomic mass is 32.2. The van der Waals surface area contributed by atoms with Crippen molar-refractivity contribution in [1.29, 1.82) is 0 Å². The first-order valence-corrected chi connectivity index (χ1v) is 12.2. The molecule has 0 spiro atoms. The molecule has 0 bridgehead atoms. The monoisotopic (exact) mass is 463 g/mol. The smallest absolute Gasteiger partial charge is 0.246 e. The van der Waals surface area contributed by atoms with Gasteiger partial charge in [0.05, 0.1) is 18.6 Å². The predicted molar refractivity (Wildman–Crippen MR) is 121 cm³/mol. The van der Waals surface area contributed by atoms with Crippen LogP contribution in [0.1, 0.15) is 0 Å². The molecule has 1 aromatic heterocycles. The van der Waals surface area contributed by atoms with Crippen molar-refractivity contribution in [2.45, 2.75) is 9.24 Å². The Morgan fingerprint density at radius 2 is 1.93 bits per heavy atom. The van der Waals surface area contributed by atoms with Gasteiger partial charge in [0.15, 0.2) is 4.34 Å². The third-order valence-corrected chi connectivity index (χ3v) is 7.94. The van der Waals surface area contributed by atoms with Gasteiger partial charge in [-0.3, -0.25) is 4.79 Å². The number of hydrogen-bond donors (Lipinski definition) is 1. The van der Waals surface area contributed by atoms with Gasteiger partial charge in [-0.25, -0.2) is 17.7 Å². The third kappa shape index (κ3) is 5.20. The number of nitrogens with one attached hydrogen (secondary N) is 1. The van der Waals surface area contributed by atoms with E-state index in [0.717, 1.165) is 19.9 Å². The Morgan fingerprint density at radius 3 is 2.60 bits per heavy atom. The van der Waals surface area contributed by atoms with Gasteiger partial charge in [0.1, 0.15) is 10.6 Å². The second kappa shape index (κ2) is 9.61. The summed E-state index contributed by atoms with van der Waals surface area (Å²) in [5, 5.41) is 4.69. The maximum atomic E-state index is 12.5. The molecule has 1 N–H and O–H groups in total. The van der Waals surface area contributed by atoms with Gasteiger partial charge in [0.2, 0.25) is 15.9 Å². The molecule has 3 rings (SSSR count). The zero-order valence-electron chi connectivity index (χ0n) is 16.7. The second-order valence-corrected chi connectivity index (χ2v) is 10.6. The number of anilines is 1. The SMILES string of the molecule is COc1ccc(NC(=O)CSc2nc(-c3ccccc3)cs2)cc1S(=O)(=O)N(C)C. The zero-order valence-corrected chi connectivity index (χ0v) is 19.1. The molecule has 0 saturated carbocycles. The van der Waals surface area contributed by atoms with E-state index in [-0.39, 0.29) is 22.3 Å². The lowest BCUT2D eigenvalue weighted by Crippen LogP contribution is -2.23. The van der Waals surface area contributed by atoms with E-state index in [1.54, 1.807) is 6.07 Å². The molecule has 0 aliphatic heterocycles. The maximum Gasteiger partial charge on any atom is 0.246 e. The Kier molecular flexibility index (Phi) is 7.14. The van der Waals surface area contributed by atoms with E-state index < -0.39 is 10.0 Å². The van der Waals surface area contributed by atoms with Crippen molar-refractivity contribution in [3.8, 4) is 17.0 Å². The number of ether oxygens (including phenoxy) is 1. The van der Waals surface area contributed by atoms with Gasteiger partial charge in [-0.15, -0.1) is 11.3 Å². The van der Waals surface area contributed by atoms with Crippen molar-refractivity contribution in [1.82, 2.24) is 9.29 Å². The van der Waals surface area contributed by atoms with Crippen molar-refractivity contribution in [3.05, 3.63) is 53.9 Å². The summed E-state index contributed by atoms with van der Waals surface area (Å²) in [4.78, 5) is 16.9. The van der Waals surface area contributed by atoms with Gasteiger partial charge in [-0.05, 0) is 18.2 Å². The van der Waals surface area contributed by atoms with Crippen LogP contribution >= 0.6 is 23.1 Å². The van der Waals surface area contributed by atoms with Crippen LogP contribution in [0, 0.1) is 0 Å². The number of hydrogen-bond acceptors (Lipinski definition) is 7. The van der Waals surface area contributed by atoms with Crippen molar-refractivity contribution >= 4 is 44.7 Å². The number of amides is 1. The molecule has 7 nitrogen and oxygen atoms in total. The molecule has 0 unspecified atom stereocenters. The average Bonchev–Trinajstić information content (AvgIpc) is 3.22. The van der Waals surface area contributed by atoms with Crippen molar-refractivity contribution in [2.24, 2.45) is 0 Å². The van der Waals surface area contributed by atoms with Gasteiger partial charge in [0.25, 0.3) is 0 Å².